The molecule has 0 atom stereocenters. The fourth-order valence-electron chi connectivity index (χ4n) is 5.17. The molecule has 1 aliphatic rings. The van der Waals surface area contributed by atoms with E-state index in [1.807, 2.05) is 49.6 Å². The maximum atomic E-state index is 13.5. The van der Waals surface area contributed by atoms with Gasteiger partial charge in [0.15, 0.2) is 0 Å². The number of carbonyl (C=O) groups is 1. The van der Waals surface area contributed by atoms with Crippen LogP contribution in [-0.4, -0.2) is 43.9 Å². The zero-order valence-corrected chi connectivity index (χ0v) is 21.9. The van der Waals surface area contributed by atoms with E-state index in [9.17, 15) is 9.59 Å². The number of imidazole rings is 1. The van der Waals surface area contributed by atoms with Crippen molar-refractivity contribution in [3.8, 4) is 17.0 Å². The Morgan fingerprint density at radius 1 is 1.03 bits per heavy atom. The minimum Gasteiger partial charge on any atom is -0.481 e. The molecule has 37 heavy (non-hydrogen) atoms. The molecule has 9 nitrogen and oxygen atoms in total. The molecule has 0 bridgehead atoms. The summed E-state index contributed by atoms with van der Waals surface area (Å²) in [4.78, 5) is 34.7. The van der Waals surface area contributed by atoms with E-state index in [4.69, 9.17) is 9.47 Å². The van der Waals surface area contributed by atoms with Gasteiger partial charge < -0.3 is 14.8 Å². The molecule has 5 rings (SSSR count). The standard InChI is InChI=1S/C28H33N5O4/c1-28(2,3)37-26(34)31-19-8-10-20(11-9-19)33-25-21-14-17(18-7-13-24(36-5)30-15-18)6-12-22(21)29-16-23(25)32(4)27(33)35/h6-7,12-16,19-20H,8-11H2,1-5H3,(H,31,34). The molecule has 1 fully saturated rings. The third-order valence-corrected chi connectivity index (χ3v) is 6.98. The van der Waals surface area contributed by atoms with Crippen molar-refractivity contribution in [3.63, 3.8) is 0 Å². The third-order valence-electron chi connectivity index (χ3n) is 6.98. The largest absolute Gasteiger partial charge is 0.481 e. The molecule has 1 N–H and O–H groups in total. The van der Waals surface area contributed by atoms with Crippen LogP contribution in [0.3, 0.4) is 0 Å². The first-order valence-electron chi connectivity index (χ1n) is 12.6. The van der Waals surface area contributed by atoms with Gasteiger partial charge in [0.1, 0.15) is 5.60 Å². The molecule has 3 heterocycles. The fraction of sp³-hybridized carbons (Fsp3) is 0.429. The summed E-state index contributed by atoms with van der Waals surface area (Å²) in [7, 11) is 3.39. The maximum Gasteiger partial charge on any atom is 0.407 e. The van der Waals surface area contributed by atoms with Gasteiger partial charge in [0, 0.05) is 42.3 Å². The molecule has 1 amide bonds. The van der Waals surface area contributed by atoms with Gasteiger partial charge in [-0.05, 0) is 70.2 Å². The first kappa shape index (κ1) is 24.8. The molecular formula is C28H33N5O4. The molecule has 1 saturated carbocycles. The van der Waals surface area contributed by atoms with Gasteiger partial charge >= 0.3 is 11.8 Å². The summed E-state index contributed by atoms with van der Waals surface area (Å²) in [5.41, 5.74) is 3.89. The molecule has 9 heteroatoms. The number of fused-ring (bicyclic) bond motifs is 3. The SMILES string of the molecule is COc1ccc(-c2ccc3ncc4c(c3c2)n(C2CCC(NC(=O)OC(C)(C)C)CC2)c(=O)n4C)cn1. The van der Waals surface area contributed by atoms with Crippen molar-refractivity contribution < 1.29 is 14.3 Å². The van der Waals surface area contributed by atoms with Crippen LogP contribution in [0.4, 0.5) is 4.79 Å². The number of pyridine rings is 2. The molecule has 3 aromatic heterocycles. The summed E-state index contributed by atoms with van der Waals surface area (Å²) < 4.78 is 14.2. The number of alkyl carbamates (subject to hydrolysis) is 1. The topological polar surface area (TPSA) is 100 Å². The van der Waals surface area contributed by atoms with Crippen LogP contribution in [-0.2, 0) is 11.8 Å². The Bertz CT molecular complexity index is 1510. The second-order valence-corrected chi connectivity index (χ2v) is 10.7. The van der Waals surface area contributed by atoms with Gasteiger partial charge in [-0.3, -0.25) is 14.1 Å². The van der Waals surface area contributed by atoms with Crippen molar-refractivity contribution in [3.05, 3.63) is 53.2 Å². The van der Waals surface area contributed by atoms with E-state index in [-0.39, 0.29) is 17.8 Å². The monoisotopic (exact) mass is 503 g/mol. The number of nitrogens with zero attached hydrogens (tertiary/aromatic N) is 4. The van der Waals surface area contributed by atoms with Gasteiger partial charge in [0.25, 0.3) is 0 Å². The minimum atomic E-state index is -0.534. The number of carbonyl (C=O) groups excluding carboxylic acids is 1. The Hall–Kier alpha value is -3.88. The molecule has 1 aromatic carbocycles. The normalized spacial score (nSPS) is 18.2. The van der Waals surface area contributed by atoms with Gasteiger partial charge in [-0.15, -0.1) is 0 Å². The summed E-state index contributed by atoms with van der Waals surface area (Å²) >= 11 is 0. The molecule has 0 spiro atoms. The average Bonchev–Trinajstić information content (AvgIpc) is 3.13. The third kappa shape index (κ3) is 4.90. The number of rotatable bonds is 4. The van der Waals surface area contributed by atoms with Crippen molar-refractivity contribution in [1.29, 1.82) is 0 Å². The lowest BCUT2D eigenvalue weighted by molar-refractivity contribution is 0.0488. The number of aryl methyl sites for hydroxylation is 1. The van der Waals surface area contributed by atoms with Crippen LogP contribution in [0, 0.1) is 0 Å². The van der Waals surface area contributed by atoms with Crippen LogP contribution < -0.4 is 15.7 Å². The lowest BCUT2D eigenvalue weighted by Crippen LogP contribution is -2.41. The highest BCUT2D eigenvalue weighted by Crippen LogP contribution is 2.34. The molecule has 0 radical (unpaired) electrons. The number of aromatic nitrogens is 4. The predicted octanol–water partition coefficient (Wildman–Crippen LogP) is 4.97. The van der Waals surface area contributed by atoms with Gasteiger partial charge in [-0.1, -0.05) is 6.07 Å². The van der Waals surface area contributed by atoms with Crippen molar-refractivity contribution in [2.45, 2.75) is 64.1 Å². The quantitative estimate of drug-likeness (QED) is 0.422. The van der Waals surface area contributed by atoms with Gasteiger partial charge in [-0.25, -0.2) is 14.6 Å². The van der Waals surface area contributed by atoms with Crippen LogP contribution in [0.15, 0.2) is 47.5 Å². The number of hydrogen-bond acceptors (Lipinski definition) is 6. The van der Waals surface area contributed by atoms with Crippen molar-refractivity contribution in [2.75, 3.05) is 7.11 Å². The summed E-state index contributed by atoms with van der Waals surface area (Å²) in [5.74, 6) is 0.558. The summed E-state index contributed by atoms with van der Waals surface area (Å²) in [5, 5.41) is 3.92. The van der Waals surface area contributed by atoms with Crippen LogP contribution in [0.1, 0.15) is 52.5 Å². The van der Waals surface area contributed by atoms with Gasteiger partial charge in [0.2, 0.25) is 5.88 Å². The van der Waals surface area contributed by atoms with E-state index < -0.39 is 11.7 Å². The van der Waals surface area contributed by atoms with E-state index in [0.717, 1.165) is 58.7 Å². The lowest BCUT2D eigenvalue weighted by Gasteiger charge is -2.30. The van der Waals surface area contributed by atoms with Crippen LogP contribution in [0.2, 0.25) is 0 Å². The number of methoxy groups -OCH3 is 1. The Kier molecular flexibility index (Phi) is 6.39. The fourth-order valence-corrected chi connectivity index (χ4v) is 5.17. The van der Waals surface area contributed by atoms with Gasteiger partial charge in [0.05, 0.1) is 29.9 Å². The van der Waals surface area contributed by atoms with Crippen molar-refractivity contribution >= 4 is 28.0 Å². The second-order valence-electron chi connectivity index (χ2n) is 10.7. The smallest absolute Gasteiger partial charge is 0.407 e. The predicted molar refractivity (Wildman–Crippen MR) is 143 cm³/mol. The Labute approximate surface area is 215 Å². The minimum absolute atomic E-state index is 0.0318. The summed E-state index contributed by atoms with van der Waals surface area (Å²) in [6, 6.07) is 9.95. The summed E-state index contributed by atoms with van der Waals surface area (Å²) in [6.07, 6.45) is 6.29. The molecule has 0 unspecified atom stereocenters. The van der Waals surface area contributed by atoms with Crippen molar-refractivity contribution in [1.82, 2.24) is 24.4 Å². The molecule has 4 aromatic rings. The summed E-state index contributed by atoms with van der Waals surface area (Å²) in [6.45, 7) is 5.56. The second kappa shape index (κ2) is 9.53. The molecule has 194 valence electrons. The lowest BCUT2D eigenvalue weighted by atomic mass is 9.91. The molecule has 0 aliphatic heterocycles. The number of nitrogens with one attached hydrogen (secondary N) is 1. The first-order valence-corrected chi connectivity index (χ1v) is 12.6. The number of hydrogen-bond donors (Lipinski definition) is 1. The maximum absolute atomic E-state index is 13.5. The van der Waals surface area contributed by atoms with E-state index >= 15 is 0 Å². The molecule has 1 aliphatic carbocycles. The van der Waals surface area contributed by atoms with E-state index in [1.165, 1.54) is 0 Å². The zero-order valence-electron chi connectivity index (χ0n) is 21.9. The molecule has 0 saturated heterocycles. The highest BCUT2D eigenvalue weighted by molar-refractivity contribution is 6.04. The number of amides is 1. The van der Waals surface area contributed by atoms with E-state index in [2.05, 4.69) is 21.4 Å². The number of ether oxygens (including phenoxy) is 2. The van der Waals surface area contributed by atoms with Gasteiger partial charge in [-0.2, -0.15) is 0 Å². The number of benzene rings is 1. The van der Waals surface area contributed by atoms with Crippen LogP contribution in [0.25, 0.3) is 33.1 Å². The average molecular weight is 504 g/mol. The zero-order chi connectivity index (χ0) is 26.3. The first-order chi connectivity index (χ1) is 17.6. The van der Waals surface area contributed by atoms with E-state index in [0.29, 0.717) is 5.88 Å². The van der Waals surface area contributed by atoms with E-state index in [1.54, 1.807) is 31.1 Å². The molecular weight excluding hydrogens is 470 g/mol. The van der Waals surface area contributed by atoms with Crippen LogP contribution >= 0.6 is 0 Å². The Morgan fingerprint density at radius 2 is 1.76 bits per heavy atom. The highest BCUT2D eigenvalue weighted by Gasteiger charge is 2.28. The van der Waals surface area contributed by atoms with Crippen molar-refractivity contribution in [2.24, 2.45) is 7.05 Å². The Balaban J connectivity index is 1.48. The Morgan fingerprint density at radius 3 is 2.41 bits per heavy atom. The van der Waals surface area contributed by atoms with Crippen LogP contribution in [0.5, 0.6) is 5.88 Å². The highest BCUT2D eigenvalue weighted by atomic mass is 16.6.